The van der Waals surface area contributed by atoms with E-state index in [1.807, 2.05) is 0 Å². The Balaban J connectivity index is 2.09. The first kappa shape index (κ1) is 16.0. The maximum atomic E-state index is 12.3. The minimum absolute atomic E-state index is 0.0535. The molecule has 0 atom stereocenters. The standard InChI is InChI=1S/C16H20N2O4/c1-16(2,3)22-15(21)17-8-9-18(14(20)10-17)13-7-5-4-6-12(13)11-19/h4-7,11H,8-10H2,1-3H3. The number of hydrogen-bond donors (Lipinski definition) is 0. The molecule has 0 N–H and O–H groups in total. The minimum atomic E-state index is -0.596. The van der Waals surface area contributed by atoms with Gasteiger partial charge in [0.15, 0.2) is 6.29 Å². The lowest BCUT2D eigenvalue weighted by Gasteiger charge is -2.35. The quantitative estimate of drug-likeness (QED) is 0.785. The highest BCUT2D eigenvalue weighted by Crippen LogP contribution is 2.22. The fourth-order valence-corrected chi connectivity index (χ4v) is 2.24. The molecule has 0 saturated carbocycles. The van der Waals surface area contributed by atoms with Gasteiger partial charge in [-0.25, -0.2) is 4.79 Å². The lowest BCUT2D eigenvalue weighted by molar-refractivity contribution is -0.121. The van der Waals surface area contributed by atoms with Crippen LogP contribution in [0.25, 0.3) is 0 Å². The van der Waals surface area contributed by atoms with Gasteiger partial charge in [0.25, 0.3) is 0 Å². The number of amides is 2. The molecule has 118 valence electrons. The molecule has 0 radical (unpaired) electrons. The maximum Gasteiger partial charge on any atom is 0.410 e. The Morgan fingerprint density at radius 2 is 1.91 bits per heavy atom. The number of aldehydes is 1. The van der Waals surface area contributed by atoms with Gasteiger partial charge in [0, 0.05) is 18.7 Å². The summed E-state index contributed by atoms with van der Waals surface area (Å²) in [6, 6.07) is 6.91. The molecule has 2 amide bonds. The number of carbonyl (C=O) groups is 3. The van der Waals surface area contributed by atoms with Crippen molar-refractivity contribution in [2.75, 3.05) is 24.5 Å². The number of rotatable bonds is 2. The van der Waals surface area contributed by atoms with Gasteiger partial charge in [-0.15, -0.1) is 0 Å². The van der Waals surface area contributed by atoms with Crippen molar-refractivity contribution >= 4 is 24.0 Å². The fourth-order valence-electron chi connectivity index (χ4n) is 2.24. The van der Waals surface area contributed by atoms with E-state index in [1.165, 1.54) is 9.80 Å². The summed E-state index contributed by atoms with van der Waals surface area (Å²) < 4.78 is 5.27. The van der Waals surface area contributed by atoms with Crippen LogP contribution in [0.4, 0.5) is 10.5 Å². The molecule has 1 aromatic rings. The van der Waals surface area contributed by atoms with Crippen molar-refractivity contribution in [1.29, 1.82) is 0 Å². The summed E-state index contributed by atoms with van der Waals surface area (Å²) in [5.41, 5.74) is 0.439. The smallest absolute Gasteiger partial charge is 0.410 e. The van der Waals surface area contributed by atoms with Gasteiger partial charge < -0.3 is 9.64 Å². The molecule has 0 aromatic heterocycles. The van der Waals surface area contributed by atoms with Crippen LogP contribution in [0.1, 0.15) is 31.1 Å². The number of ether oxygens (including phenoxy) is 1. The number of para-hydroxylation sites is 1. The monoisotopic (exact) mass is 304 g/mol. The first-order chi connectivity index (χ1) is 10.3. The molecule has 1 aliphatic rings. The Morgan fingerprint density at radius 1 is 1.23 bits per heavy atom. The van der Waals surface area contributed by atoms with Crippen LogP contribution in [0.2, 0.25) is 0 Å². The van der Waals surface area contributed by atoms with Crippen molar-refractivity contribution in [3.8, 4) is 0 Å². The van der Waals surface area contributed by atoms with E-state index in [0.29, 0.717) is 24.3 Å². The fraction of sp³-hybridized carbons (Fsp3) is 0.438. The third-order valence-corrected chi connectivity index (χ3v) is 3.23. The van der Waals surface area contributed by atoms with Crippen molar-refractivity contribution in [2.45, 2.75) is 26.4 Å². The lowest BCUT2D eigenvalue weighted by Crippen LogP contribution is -2.53. The number of benzene rings is 1. The van der Waals surface area contributed by atoms with Crippen molar-refractivity contribution in [1.82, 2.24) is 4.90 Å². The number of nitrogens with zero attached hydrogens (tertiary/aromatic N) is 2. The van der Waals surface area contributed by atoms with E-state index in [0.717, 1.165) is 6.29 Å². The second-order valence-electron chi connectivity index (χ2n) is 6.12. The van der Waals surface area contributed by atoms with E-state index in [4.69, 9.17) is 4.74 Å². The highest BCUT2D eigenvalue weighted by molar-refractivity contribution is 6.01. The Morgan fingerprint density at radius 3 is 2.50 bits per heavy atom. The van der Waals surface area contributed by atoms with Gasteiger partial charge in [-0.1, -0.05) is 12.1 Å². The zero-order chi connectivity index (χ0) is 16.3. The third-order valence-electron chi connectivity index (χ3n) is 3.23. The van der Waals surface area contributed by atoms with Crippen LogP contribution in [0, 0.1) is 0 Å². The Kier molecular flexibility index (Phi) is 4.49. The van der Waals surface area contributed by atoms with Gasteiger partial charge in [-0.2, -0.15) is 0 Å². The predicted molar refractivity (Wildman–Crippen MR) is 82.0 cm³/mol. The molecule has 6 heteroatoms. The zero-order valence-electron chi connectivity index (χ0n) is 13.0. The summed E-state index contributed by atoms with van der Waals surface area (Å²) in [4.78, 5) is 38.3. The second-order valence-corrected chi connectivity index (χ2v) is 6.12. The Hall–Kier alpha value is -2.37. The van der Waals surface area contributed by atoms with E-state index in [9.17, 15) is 14.4 Å². The largest absolute Gasteiger partial charge is 0.444 e. The molecular weight excluding hydrogens is 284 g/mol. The predicted octanol–water partition coefficient (Wildman–Crippen LogP) is 2.08. The van der Waals surface area contributed by atoms with Crippen molar-refractivity contribution in [2.24, 2.45) is 0 Å². The molecule has 1 heterocycles. The van der Waals surface area contributed by atoms with E-state index in [2.05, 4.69) is 0 Å². The number of piperazine rings is 1. The van der Waals surface area contributed by atoms with Crippen molar-refractivity contribution < 1.29 is 19.1 Å². The van der Waals surface area contributed by atoms with Crippen LogP contribution >= 0.6 is 0 Å². The summed E-state index contributed by atoms with van der Waals surface area (Å²) in [5, 5.41) is 0. The van der Waals surface area contributed by atoms with Crippen LogP contribution in [-0.4, -0.2) is 48.4 Å². The minimum Gasteiger partial charge on any atom is -0.444 e. The molecule has 0 aliphatic carbocycles. The average molecular weight is 304 g/mol. The first-order valence-electron chi connectivity index (χ1n) is 7.14. The van der Waals surface area contributed by atoms with Gasteiger partial charge >= 0.3 is 6.09 Å². The molecule has 2 rings (SSSR count). The normalized spacial score (nSPS) is 15.7. The van der Waals surface area contributed by atoms with E-state index in [-0.39, 0.29) is 12.5 Å². The number of hydrogen-bond acceptors (Lipinski definition) is 4. The molecule has 0 unspecified atom stereocenters. The second kappa shape index (κ2) is 6.17. The number of carbonyl (C=O) groups excluding carboxylic acids is 3. The highest BCUT2D eigenvalue weighted by atomic mass is 16.6. The van der Waals surface area contributed by atoms with E-state index >= 15 is 0 Å². The van der Waals surface area contributed by atoms with Crippen LogP contribution in [0.15, 0.2) is 24.3 Å². The van der Waals surface area contributed by atoms with Crippen LogP contribution in [-0.2, 0) is 9.53 Å². The Bertz CT molecular complexity index is 592. The molecule has 1 aliphatic heterocycles. The van der Waals surface area contributed by atoms with Gasteiger partial charge in [0.05, 0.1) is 5.69 Å². The molecule has 1 aromatic carbocycles. The van der Waals surface area contributed by atoms with Gasteiger partial charge in [-0.05, 0) is 32.9 Å². The topological polar surface area (TPSA) is 66.9 Å². The van der Waals surface area contributed by atoms with Crippen LogP contribution < -0.4 is 4.90 Å². The first-order valence-corrected chi connectivity index (χ1v) is 7.14. The van der Waals surface area contributed by atoms with Gasteiger partial charge in [0.2, 0.25) is 5.91 Å². The van der Waals surface area contributed by atoms with Gasteiger partial charge in [-0.3, -0.25) is 14.5 Å². The molecule has 1 fully saturated rings. The summed E-state index contributed by atoms with van der Waals surface area (Å²) in [5.74, 6) is -0.230. The molecule has 6 nitrogen and oxygen atoms in total. The molecule has 22 heavy (non-hydrogen) atoms. The molecule has 0 spiro atoms. The van der Waals surface area contributed by atoms with E-state index < -0.39 is 11.7 Å². The van der Waals surface area contributed by atoms with Gasteiger partial charge in [0.1, 0.15) is 12.1 Å². The summed E-state index contributed by atoms with van der Waals surface area (Å²) in [7, 11) is 0. The lowest BCUT2D eigenvalue weighted by atomic mass is 10.1. The highest BCUT2D eigenvalue weighted by Gasteiger charge is 2.31. The summed E-state index contributed by atoms with van der Waals surface area (Å²) in [6.45, 7) is 5.99. The molecule has 0 bridgehead atoms. The molecular formula is C16H20N2O4. The average Bonchev–Trinajstić information content (AvgIpc) is 2.45. The summed E-state index contributed by atoms with van der Waals surface area (Å²) >= 11 is 0. The van der Waals surface area contributed by atoms with E-state index in [1.54, 1.807) is 45.0 Å². The maximum absolute atomic E-state index is 12.3. The third kappa shape index (κ3) is 3.63. The van der Waals surface area contributed by atoms with Crippen molar-refractivity contribution in [3.05, 3.63) is 29.8 Å². The van der Waals surface area contributed by atoms with Crippen LogP contribution in [0.3, 0.4) is 0 Å². The summed E-state index contributed by atoms with van der Waals surface area (Å²) in [6.07, 6.45) is 0.229. The molecule has 1 saturated heterocycles. The van der Waals surface area contributed by atoms with Crippen LogP contribution in [0.5, 0.6) is 0 Å². The van der Waals surface area contributed by atoms with Crippen molar-refractivity contribution in [3.63, 3.8) is 0 Å². The zero-order valence-corrected chi connectivity index (χ0v) is 13.0. The Labute approximate surface area is 129 Å². The number of anilines is 1. The SMILES string of the molecule is CC(C)(C)OC(=O)N1CCN(c2ccccc2C=O)C(=O)C1.